The molecular formula is C14H9BrN2O. The molecule has 0 saturated carbocycles. The van der Waals surface area contributed by atoms with Crippen molar-refractivity contribution in [1.82, 2.24) is 5.32 Å². The summed E-state index contributed by atoms with van der Waals surface area (Å²) >= 11 is 3.30. The van der Waals surface area contributed by atoms with E-state index in [-0.39, 0.29) is 11.4 Å². The topological polar surface area (TPSA) is 52.9 Å². The second-order valence-corrected chi connectivity index (χ2v) is 4.51. The minimum absolute atomic E-state index is 0.109. The van der Waals surface area contributed by atoms with Gasteiger partial charge in [0.15, 0.2) is 0 Å². The van der Waals surface area contributed by atoms with Crippen LogP contribution in [-0.4, -0.2) is 5.78 Å². The monoisotopic (exact) mass is 300 g/mol. The first kappa shape index (κ1) is 12.3. The van der Waals surface area contributed by atoms with Crippen LogP contribution < -0.4 is 5.32 Å². The Kier molecular flexibility index (Phi) is 3.75. The van der Waals surface area contributed by atoms with Crippen LogP contribution >= 0.6 is 15.9 Å². The minimum Gasteiger partial charge on any atom is -0.360 e. The average Bonchev–Trinajstić information content (AvgIpc) is 2.41. The van der Waals surface area contributed by atoms with E-state index >= 15 is 0 Å². The van der Waals surface area contributed by atoms with E-state index in [0.717, 1.165) is 4.47 Å². The second-order valence-electron chi connectivity index (χ2n) is 3.60. The lowest BCUT2D eigenvalue weighted by atomic mass is 10.0. The van der Waals surface area contributed by atoms with Crippen molar-refractivity contribution >= 4 is 21.7 Å². The maximum absolute atomic E-state index is 12.2. The largest absolute Gasteiger partial charge is 0.360 e. The molecule has 1 aliphatic rings. The number of nitriles is 1. The summed E-state index contributed by atoms with van der Waals surface area (Å²) in [6.45, 7) is 0. The lowest BCUT2D eigenvalue weighted by Gasteiger charge is -2.08. The van der Waals surface area contributed by atoms with Crippen molar-refractivity contribution in [2.75, 3.05) is 0 Å². The van der Waals surface area contributed by atoms with Crippen molar-refractivity contribution in [2.24, 2.45) is 0 Å². The van der Waals surface area contributed by atoms with Gasteiger partial charge in [-0.05, 0) is 36.4 Å². The summed E-state index contributed by atoms with van der Waals surface area (Å²) in [5.74, 6) is -0.285. The molecule has 0 saturated heterocycles. The number of carbonyl (C=O) groups excluding carboxylic acids is 1. The first-order valence-electron chi connectivity index (χ1n) is 5.27. The molecule has 0 aliphatic carbocycles. The SMILES string of the molecule is N#C/C(C(=O)c1ccc(Br)cc1)=C1/C=CC=CN1. The van der Waals surface area contributed by atoms with Crippen LogP contribution in [0.3, 0.4) is 0 Å². The molecule has 0 fully saturated rings. The number of nitrogens with one attached hydrogen (secondary N) is 1. The standard InChI is InChI=1S/C14H9BrN2O/c15-11-6-4-10(5-7-11)14(18)12(9-16)13-3-1-2-8-17-13/h1-8,17H/b13-12+. The molecule has 1 aromatic carbocycles. The predicted octanol–water partition coefficient (Wildman–Crippen LogP) is 3.08. The van der Waals surface area contributed by atoms with Gasteiger partial charge in [-0.2, -0.15) is 5.26 Å². The van der Waals surface area contributed by atoms with Crippen LogP contribution in [0, 0.1) is 11.3 Å². The Morgan fingerprint density at radius 3 is 2.50 bits per heavy atom. The van der Waals surface area contributed by atoms with Crippen LogP contribution in [0.4, 0.5) is 0 Å². The summed E-state index contributed by atoms with van der Waals surface area (Å²) in [5, 5.41) is 12.0. The molecule has 18 heavy (non-hydrogen) atoms. The fourth-order valence-corrected chi connectivity index (χ4v) is 1.79. The summed E-state index contributed by atoms with van der Waals surface area (Å²) in [7, 11) is 0. The van der Waals surface area contributed by atoms with Gasteiger partial charge < -0.3 is 5.32 Å². The fraction of sp³-hybridized carbons (Fsp3) is 0. The molecule has 0 atom stereocenters. The number of hydrogen-bond donors (Lipinski definition) is 1. The van der Waals surface area contributed by atoms with Crippen molar-refractivity contribution in [3.63, 3.8) is 0 Å². The molecule has 1 aromatic rings. The van der Waals surface area contributed by atoms with E-state index < -0.39 is 0 Å². The van der Waals surface area contributed by atoms with E-state index in [1.165, 1.54) is 0 Å². The van der Waals surface area contributed by atoms with Crippen molar-refractivity contribution in [3.05, 3.63) is 70.0 Å². The molecule has 1 heterocycles. The van der Waals surface area contributed by atoms with Gasteiger partial charge in [-0.3, -0.25) is 4.79 Å². The highest BCUT2D eigenvalue weighted by Crippen LogP contribution is 2.16. The molecule has 3 nitrogen and oxygen atoms in total. The second kappa shape index (κ2) is 5.48. The fourth-order valence-electron chi connectivity index (χ4n) is 1.53. The van der Waals surface area contributed by atoms with Crippen LogP contribution in [-0.2, 0) is 0 Å². The summed E-state index contributed by atoms with van der Waals surface area (Å²) in [4.78, 5) is 12.2. The van der Waals surface area contributed by atoms with Crippen LogP contribution in [0.1, 0.15) is 10.4 Å². The van der Waals surface area contributed by atoms with Gasteiger partial charge >= 0.3 is 0 Å². The van der Waals surface area contributed by atoms with Gasteiger partial charge in [0.2, 0.25) is 5.78 Å². The van der Waals surface area contributed by atoms with E-state index in [4.69, 9.17) is 5.26 Å². The molecule has 2 rings (SSSR count). The molecule has 0 aromatic heterocycles. The number of rotatable bonds is 2. The number of hydrogen-bond acceptors (Lipinski definition) is 3. The zero-order chi connectivity index (χ0) is 13.0. The van der Waals surface area contributed by atoms with Crippen molar-refractivity contribution in [2.45, 2.75) is 0 Å². The number of carbonyl (C=O) groups is 1. The van der Waals surface area contributed by atoms with E-state index in [1.54, 1.807) is 48.7 Å². The molecule has 1 N–H and O–H groups in total. The number of dihydropyridines is 1. The zero-order valence-corrected chi connectivity index (χ0v) is 10.9. The van der Waals surface area contributed by atoms with E-state index in [2.05, 4.69) is 21.2 Å². The molecule has 0 spiro atoms. The number of halogens is 1. The van der Waals surface area contributed by atoms with E-state index in [9.17, 15) is 4.79 Å². The minimum atomic E-state index is -0.285. The maximum atomic E-state index is 12.2. The summed E-state index contributed by atoms with van der Waals surface area (Å²) < 4.78 is 0.892. The Bertz CT molecular complexity index is 604. The highest BCUT2D eigenvalue weighted by Gasteiger charge is 2.16. The first-order chi connectivity index (χ1) is 8.72. The number of nitrogens with zero attached hydrogens (tertiary/aromatic N) is 1. The Morgan fingerprint density at radius 1 is 1.22 bits per heavy atom. The lowest BCUT2D eigenvalue weighted by Crippen LogP contribution is -2.13. The third-order valence-corrected chi connectivity index (χ3v) is 2.95. The number of allylic oxidation sites excluding steroid dienone is 4. The van der Waals surface area contributed by atoms with Gasteiger partial charge in [-0.1, -0.05) is 22.0 Å². The van der Waals surface area contributed by atoms with Gasteiger partial charge in [-0.15, -0.1) is 0 Å². The summed E-state index contributed by atoms with van der Waals surface area (Å²) in [5.41, 5.74) is 1.12. The highest BCUT2D eigenvalue weighted by atomic mass is 79.9. The lowest BCUT2D eigenvalue weighted by molar-refractivity contribution is 0.103. The van der Waals surface area contributed by atoms with Gasteiger partial charge in [0.25, 0.3) is 0 Å². The number of ketones is 1. The molecule has 88 valence electrons. The van der Waals surface area contributed by atoms with Crippen LogP contribution in [0.15, 0.2) is 64.4 Å². The van der Waals surface area contributed by atoms with Crippen molar-refractivity contribution < 1.29 is 4.79 Å². The number of benzene rings is 1. The Hall–Kier alpha value is -2.12. The average molecular weight is 301 g/mol. The highest BCUT2D eigenvalue weighted by molar-refractivity contribution is 9.10. The molecular weight excluding hydrogens is 292 g/mol. The zero-order valence-electron chi connectivity index (χ0n) is 9.35. The van der Waals surface area contributed by atoms with Gasteiger partial charge in [0, 0.05) is 16.2 Å². The first-order valence-corrected chi connectivity index (χ1v) is 6.06. The van der Waals surface area contributed by atoms with Gasteiger partial charge in [0.05, 0.1) is 5.70 Å². The quantitative estimate of drug-likeness (QED) is 0.519. The number of Topliss-reactive ketones (excluding diaryl/α,β-unsaturated/α-hetero) is 1. The van der Waals surface area contributed by atoms with Crippen molar-refractivity contribution in [1.29, 1.82) is 5.26 Å². The third-order valence-electron chi connectivity index (χ3n) is 2.42. The molecule has 4 heteroatoms. The third kappa shape index (κ3) is 2.58. The molecule has 1 aliphatic heterocycles. The summed E-state index contributed by atoms with van der Waals surface area (Å²) in [6.07, 6.45) is 6.96. The normalized spacial score (nSPS) is 15.8. The van der Waals surface area contributed by atoms with Crippen LogP contribution in [0.2, 0.25) is 0 Å². The molecule has 0 bridgehead atoms. The molecule has 0 radical (unpaired) electrons. The van der Waals surface area contributed by atoms with E-state index in [0.29, 0.717) is 11.3 Å². The molecule has 0 amide bonds. The predicted molar refractivity (Wildman–Crippen MR) is 72.5 cm³/mol. The maximum Gasteiger partial charge on any atom is 0.205 e. The summed E-state index contributed by atoms with van der Waals surface area (Å²) in [6, 6.07) is 8.88. The molecule has 0 unspecified atom stereocenters. The van der Waals surface area contributed by atoms with E-state index in [1.807, 2.05) is 6.07 Å². The smallest absolute Gasteiger partial charge is 0.205 e. The van der Waals surface area contributed by atoms with Crippen molar-refractivity contribution in [3.8, 4) is 6.07 Å². The van der Waals surface area contributed by atoms with Gasteiger partial charge in [-0.25, -0.2) is 0 Å². The Balaban J connectivity index is 2.38. The van der Waals surface area contributed by atoms with Crippen LogP contribution in [0.25, 0.3) is 0 Å². The van der Waals surface area contributed by atoms with Crippen LogP contribution in [0.5, 0.6) is 0 Å². The van der Waals surface area contributed by atoms with Gasteiger partial charge in [0.1, 0.15) is 11.6 Å². The Labute approximate surface area is 113 Å². The Morgan fingerprint density at radius 2 is 1.94 bits per heavy atom.